The minimum atomic E-state index is 0.828. The molecule has 0 aromatic carbocycles. The lowest BCUT2D eigenvalue weighted by Crippen LogP contribution is -2.44. The zero-order valence-corrected chi connectivity index (χ0v) is 12.7. The molecule has 1 aromatic rings. The van der Waals surface area contributed by atoms with Crippen LogP contribution in [0.3, 0.4) is 0 Å². The summed E-state index contributed by atoms with van der Waals surface area (Å²) in [5.41, 5.74) is 1.09. The molecule has 0 unspecified atom stereocenters. The van der Waals surface area contributed by atoms with Crippen LogP contribution in [0.5, 0.6) is 0 Å². The molecular weight excluding hydrogens is 266 g/mol. The molecule has 0 aliphatic carbocycles. The van der Waals surface area contributed by atoms with E-state index in [1.165, 1.54) is 0 Å². The van der Waals surface area contributed by atoms with E-state index in [1.54, 1.807) is 7.05 Å². The van der Waals surface area contributed by atoms with Crippen molar-refractivity contribution in [1.82, 2.24) is 20.5 Å². The Hall–Kier alpha value is -1.66. The van der Waals surface area contributed by atoms with Crippen molar-refractivity contribution in [3.63, 3.8) is 0 Å². The Morgan fingerprint density at radius 3 is 2.81 bits per heavy atom. The molecule has 21 heavy (non-hydrogen) atoms. The summed E-state index contributed by atoms with van der Waals surface area (Å²) < 4.78 is 5.34. The topological polar surface area (TPSA) is 61.8 Å². The van der Waals surface area contributed by atoms with Gasteiger partial charge in [0.2, 0.25) is 0 Å². The maximum atomic E-state index is 5.34. The fourth-order valence-corrected chi connectivity index (χ4v) is 2.23. The number of morpholine rings is 1. The van der Waals surface area contributed by atoms with Gasteiger partial charge in [0.25, 0.3) is 0 Å². The van der Waals surface area contributed by atoms with E-state index in [0.29, 0.717) is 0 Å². The molecule has 2 N–H and O–H groups in total. The first-order valence-corrected chi connectivity index (χ1v) is 7.53. The van der Waals surface area contributed by atoms with E-state index in [1.807, 2.05) is 24.4 Å². The molecule has 2 rings (SSSR count). The van der Waals surface area contributed by atoms with Crippen molar-refractivity contribution in [3.05, 3.63) is 30.1 Å². The summed E-state index contributed by atoms with van der Waals surface area (Å²) >= 11 is 0. The fourth-order valence-electron chi connectivity index (χ4n) is 2.23. The Morgan fingerprint density at radius 1 is 1.29 bits per heavy atom. The second-order valence-corrected chi connectivity index (χ2v) is 4.95. The minimum absolute atomic E-state index is 0.828. The molecule has 0 saturated carbocycles. The van der Waals surface area contributed by atoms with Crippen LogP contribution in [0.4, 0.5) is 0 Å². The normalized spacial score (nSPS) is 16.7. The molecule has 1 saturated heterocycles. The summed E-state index contributed by atoms with van der Waals surface area (Å²) in [7, 11) is 1.80. The van der Waals surface area contributed by atoms with Crippen molar-refractivity contribution in [3.8, 4) is 0 Å². The van der Waals surface area contributed by atoms with Crippen LogP contribution in [0.25, 0.3) is 0 Å². The summed E-state index contributed by atoms with van der Waals surface area (Å²) in [5.74, 6) is 0.846. The van der Waals surface area contributed by atoms with Crippen molar-refractivity contribution in [1.29, 1.82) is 0 Å². The highest BCUT2D eigenvalue weighted by atomic mass is 16.5. The zero-order chi connectivity index (χ0) is 14.8. The first kappa shape index (κ1) is 15.7. The highest BCUT2D eigenvalue weighted by Gasteiger charge is 2.09. The van der Waals surface area contributed by atoms with E-state index in [-0.39, 0.29) is 0 Å². The molecular formula is C15H25N5O. The molecule has 0 atom stereocenters. The van der Waals surface area contributed by atoms with E-state index < -0.39 is 0 Å². The average Bonchev–Trinajstić information content (AvgIpc) is 2.55. The van der Waals surface area contributed by atoms with Crippen LogP contribution in [0.2, 0.25) is 0 Å². The Bertz CT molecular complexity index is 417. The second-order valence-electron chi connectivity index (χ2n) is 4.95. The zero-order valence-electron chi connectivity index (χ0n) is 12.7. The summed E-state index contributed by atoms with van der Waals surface area (Å²) in [6.45, 7) is 6.47. The Balaban J connectivity index is 1.59. The molecule has 0 spiro atoms. The number of ether oxygens (including phenoxy) is 1. The van der Waals surface area contributed by atoms with Crippen molar-refractivity contribution in [2.24, 2.45) is 4.99 Å². The molecule has 0 amide bonds. The lowest BCUT2D eigenvalue weighted by molar-refractivity contribution is 0.0389. The van der Waals surface area contributed by atoms with Crippen LogP contribution in [-0.2, 0) is 11.2 Å². The number of hydrogen-bond acceptors (Lipinski definition) is 4. The van der Waals surface area contributed by atoms with E-state index in [2.05, 4.69) is 25.5 Å². The first-order valence-electron chi connectivity index (χ1n) is 7.53. The first-order chi connectivity index (χ1) is 10.4. The average molecular weight is 291 g/mol. The van der Waals surface area contributed by atoms with Crippen LogP contribution in [0.15, 0.2) is 29.4 Å². The van der Waals surface area contributed by atoms with Gasteiger partial charge < -0.3 is 15.4 Å². The van der Waals surface area contributed by atoms with E-state index >= 15 is 0 Å². The number of hydrogen-bond donors (Lipinski definition) is 2. The van der Waals surface area contributed by atoms with Crippen molar-refractivity contribution in [2.45, 2.75) is 6.42 Å². The van der Waals surface area contributed by atoms with Crippen LogP contribution in [0.1, 0.15) is 5.69 Å². The smallest absolute Gasteiger partial charge is 0.191 e. The Labute approximate surface area is 126 Å². The van der Waals surface area contributed by atoms with Gasteiger partial charge in [-0.3, -0.25) is 14.9 Å². The summed E-state index contributed by atoms with van der Waals surface area (Å²) in [5, 5.41) is 6.65. The van der Waals surface area contributed by atoms with E-state index in [9.17, 15) is 0 Å². The quantitative estimate of drug-likeness (QED) is 0.576. The van der Waals surface area contributed by atoms with Crippen molar-refractivity contribution in [2.75, 3.05) is 53.0 Å². The Morgan fingerprint density at radius 2 is 2.10 bits per heavy atom. The lowest BCUT2D eigenvalue weighted by atomic mass is 10.3. The number of nitrogens with zero attached hydrogens (tertiary/aromatic N) is 3. The third kappa shape index (κ3) is 6.10. The van der Waals surface area contributed by atoms with Gasteiger partial charge in [-0.1, -0.05) is 6.07 Å². The summed E-state index contributed by atoms with van der Waals surface area (Å²) in [4.78, 5) is 10.9. The molecule has 1 aliphatic rings. The van der Waals surface area contributed by atoms with Gasteiger partial charge in [-0.05, 0) is 12.1 Å². The molecule has 1 aliphatic heterocycles. The summed E-state index contributed by atoms with van der Waals surface area (Å²) in [6.07, 6.45) is 2.72. The van der Waals surface area contributed by atoms with Gasteiger partial charge in [-0.15, -0.1) is 0 Å². The second kappa shape index (κ2) is 9.31. The van der Waals surface area contributed by atoms with Gasteiger partial charge in [-0.2, -0.15) is 0 Å². The highest BCUT2D eigenvalue weighted by molar-refractivity contribution is 5.79. The van der Waals surface area contributed by atoms with Crippen molar-refractivity contribution < 1.29 is 4.74 Å². The monoisotopic (exact) mass is 291 g/mol. The standard InChI is InChI=1S/C15H25N5O/c1-16-15(18-7-5-14-4-2-3-6-17-14)19-8-9-20-10-12-21-13-11-20/h2-4,6H,5,7-13H2,1H3,(H2,16,18,19). The Kier molecular flexibility index (Phi) is 6.97. The van der Waals surface area contributed by atoms with Gasteiger partial charge in [-0.25, -0.2) is 0 Å². The largest absolute Gasteiger partial charge is 0.379 e. The van der Waals surface area contributed by atoms with Crippen LogP contribution >= 0.6 is 0 Å². The molecule has 1 fully saturated rings. The van der Waals surface area contributed by atoms with E-state index in [0.717, 1.165) is 64.0 Å². The highest BCUT2D eigenvalue weighted by Crippen LogP contribution is 1.95. The molecule has 6 heteroatoms. The molecule has 116 valence electrons. The number of nitrogens with one attached hydrogen (secondary N) is 2. The van der Waals surface area contributed by atoms with Gasteiger partial charge in [0.1, 0.15) is 0 Å². The fraction of sp³-hybridized carbons (Fsp3) is 0.600. The predicted octanol–water partition coefficient (Wildman–Crippen LogP) is 0.121. The molecule has 1 aromatic heterocycles. The van der Waals surface area contributed by atoms with Crippen LogP contribution < -0.4 is 10.6 Å². The number of aliphatic imine (C=N–C) groups is 1. The minimum Gasteiger partial charge on any atom is -0.379 e. The maximum absolute atomic E-state index is 5.34. The number of rotatable bonds is 6. The van der Waals surface area contributed by atoms with Gasteiger partial charge >= 0.3 is 0 Å². The third-order valence-electron chi connectivity index (χ3n) is 3.45. The van der Waals surface area contributed by atoms with E-state index in [4.69, 9.17) is 4.74 Å². The van der Waals surface area contributed by atoms with Crippen LogP contribution in [0, 0.1) is 0 Å². The lowest BCUT2D eigenvalue weighted by Gasteiger charge is -2.26. The van der Waals surface area contributed by atoms with Gasteiger partial charge in [0.15, 0.2) is 5.96 Å². The third-order valence-corrected chi connectivity index (χ3v) is 3.45. The molecule has 6 nitrogen and oxygen atoms in total. The maximum Gasteiger partial charge on any atom is 0.191 e. The number of pyridine rings is 1. The van der Waals surface area contributed by atoms with Crippen molar-refractivity contribution >= 4 is 5.96 Å². The molecule has 0 bridgehead atoms. The summed E-state index contributed by atoms with van der Waals surface area (Å²) in [6, 6.07) is 5.98. The molecule has 2 heterocycles. The molecule has 0 radical (unpaired) electrons. The van der Waals surface area contributed by atoms with Crippen LogP contribution in [-0.4, -0.2) is 68.8 Å². The van der Waals surface area contributed by atoms with Gasteiger partial charge in [0.05, 0.1) is 13.2 Å². The number of guanidine groups is 1. The predicted molar refractivity (Wildman–Crippen MR) is 84.6 cm³/mol. The SMILES string of the molecule is CN=C(NCCc1ccccn1)NCCN1CCOCC1. The number of aromatic nitrogens is 1. The van der Waals surface area contributed by atoms with Gasteiger partial charge in [0, 0.05) is 58.1 Å².